The van der Waals surface area contributed by atoms with E-state index in [2.05, 4.69) is 0 Å². The van der Waals surface area contributed by atoms with E-state index in [1.165, 1.54) is 0 Å². The Labute approximate surface area is 99.7 Å². The van der Waals surface area contributed by atoms with E-state index in [1.807, 2.05) is 30.3 Å². The molecule has 88 valence electrons. The Hall–Kier alpha value is -2.03. The van der Waals surface area contributed by atoms with Crippen LogP contribution in [0.25, 0.3) is 11.1 Å². The van der Waals surface area contributed by atoms with Crippen molar-refractivity contribution in [1.82, 2.24) is 0 Å². The number of benzene rings is 1. The lowest BCUT2D eigenvalue weighted by atomic mass is 10.0. The van der Waals surface area contributed by atoms with Crippen LogP contribution < -0.4 is 10.4 Å². The second kappa shape index (κ2) is 4.45. The average molecular weight is 230 g/mol. The molecule has 0 unspecified atom stereocenters. The summed E-state index contributed by atoms with van der Waals surface area (Å²) in [4.78, 5) is 11.6. The summed E-state index contributed by atoms with van der Waals surface area (Å²) in [7, 11) is 1.63. The molecule has 0 amide bonds. The summed E-state index contributed by atoms with van der Waals surface area (Å²) in [5, 5.41) is 0. The van der Waals surface area contributed by atoms with Gasteiger partial charge in [-0.2, -0.15) is 0 Å². The van der Waals surface area contributed by atoms with Crippen molar-refractivity contribution in [2.45, 2.75) is 13.8 Å². The SMILES string of the molecule is COc1ccc(-c2cc(C)oc(=O)c2C)cc1. The Morgan fingerprint density at radius 2 is 1.76 bits per heavy atom. The lowest BCUT2D eigenvalue weighted by Crippen LogP contribution is -2.05. The first-order chi connectivity index (χ1) is 8.11. The minimum Gasteiger partial charge on any atom is -0.497 e. The zero-order valence-electron chi connectivity index (χ0n) is 10.1. The predicted molar refractivity (Wildman–Crippen MR) is 66.4 cm³/mol. The molecule has 2 rings (SSSR count). The lowest BCUT2D eigenvalue weighted by molar-refractivity contribution is 0.415. The van der Waals surface area contributed by atoms with Crippen LogP contribution in [0.15, 0.2) is 39.5 Å². The standard InChI is InChI=1S/C14H14O3/c1-9-8-13(10(2)14(15)17-9)11-4-6-12(16-3)7-5-11/h4-8H,1-3H3. The molecule has 0 saturated carbocycles. The van der Waals surface area contributed by atoms with Gasteiger partial charge in [-0.1, -0.05) is 12.1 Å². The predicted octanol–water partition coefficient (Wildman–Crippen LogP) is 2.93. The Balaban J connectivity index is 2.56. The van der Waals surface area contributed by atoms with Crippen LogP contribution >= 0.6 is 0 Å². The first-order valence-corrected chi connectivity index (χ1v) is 5.37. The zero-order valence-corrected chi connectivity index (χ0v) is 10.1. The van der Waals surface area contributed by atoms with Gasteiger partial charge in [0.2, 0.25) is 0 Å². The van der Waals surface area contributed by atoms with Crippen molar-refractivity contribution in [3.8, 4) is 16.9 Å². The van der Waals surface area contributed by atoms with Crippen molar-refractivity contribution in [2.75, 3.05) is 7.11 Å². The lowest BCUT2D eigenvalue weighted by Gasteiger charge is -2.06. The van der Waals surface area contributed by atoms with Gasteiger partial charge in [0.05, 0.1) is 7.11 Å². The molecule has 1 aromatic heterocycles. The number of aryl methyl sites for hydroxylation is 1. The average Bonchev–Trinajstić information content (AvgIpc) is 2.34. The van der Waals surface area contributed by atoms with Crippen molar-refractivity contribution >= 4 is 0 Å². The van der Waals surface area contributed by atoms with Gasteiger partial charge in [0.1, 0.15) is 11.5 Å². The minimum atomic E-state index is -0.282. The van der Waals surface area contributed by atoms with Gasteiger partial charge in [0.15, 0.2) is 0 Å². The van der Waals surface area contributed by atoms with Crippen molar-refractivity contribution in [3.63, 3.8) is 0 Å². The molecule has 0 aliphatic heterocycles. The molecule has 0 atom stereocenters. The third-order valence-corrected chi connectivity index (χ3v) is 2.71. The van der Waals surface area contributed by atoms with Gasteiger partial charge in [0, 0.05) is 5.56 Å². The quantitative estimate of drug-likeness (QED) is 0.796. The highest BCUT2D eigenvalue weighted by Crippen LogP contribution is 2.24. The van der Waals surface area contributed by atoms with E-state index < -0.39 is 0 Å². The maximum Gasteiger partial charge on any atom is 0.339 e. The molecule has 0 radical (unpaired) electrons. The minimum absolute atomic E-state index is 0.282. The molecule has 3 nitrogen and oxygen atoms in total. The highest BCUT2D eigenvalue weighted by atomic mass is 16.5. The monoisotopic (exact) mass is 230 g/mol. The Morgan fingerprint density at radius 3 is 2.35 bits per heavy atom. The molecule has 0 saturated heterocycles. The molecule has 0 N–H and O–H groups in total. The van der Waals surface area contributed by atoms with E-state index in [4.69, 9.17) is 9.15 Å². The first-order valence-electron chi connectivity index (χ1n) is 5.37. The van der Waals surface area contributed by atoms with Gasteiger partial charge in [-0.15, -0.1) is 0 Å². The van der Waals surface area contributed by atoms with E-state index in [1.54, 1.807) is 21.0 Å². The first kappa shape index (κ1) is 11.5. The molecule has 1 aromatic carbocycles. The van der Waals surface area contributed by atoms with E-state index in [9.17, 15) is 4.79 Å². The third-order valence-electron chi connectivity index (χ3n) is 2.71. The summed E-state index contributed by atoms with van der Waals surface area (Å²) >= 11 is 0. The van der Waals surface area contributed by atoms with Crippen LogP contribution in [-0.2, 0) is 0 Å². The van der Waals surface area contributed by atoms with Crippen LogP contribution in [0.3, 0.4) is 0 Å². The summed E-state index contributed by atoms with van der Waals surface area (Å²) < 4.78 is 10.1. The summed E-state index contributed by atoms with van der Waals surface area (Å²) in [6.07, 6.45) is 0. The van der Waals surface area contributed by atoms with E-state index in [0.29, 0.717) is 11.3 Å². The molecule has 1 heterocycles. The second-order valence-electron chi connectivity index (χ2n) is 3.91. The Kier molecular flexibility index (Phi) is 3.00. The highest BCUT2D eigenvalue weighted by molar-refractivity contribution is 5.67. The van der Waals surface area contributed by atoms with Crippen molar-refractivity contribution in [1.29, 1.82) is 0 Å². The number of rotatable bonds is 2. The zero-order chi connectivity index (χ0) is 12.4. The molecular weight excluding hydrogens is 216 g/mol. The van der Waals surface area contributed by atoms with Crippen molar-refractivity contribution in [2.24, 2.45) is 0 Å². The van der Waals surface area contributed by atoms with Crippen LogP contribution in [-0.4, -0.2) is 7.11 Å². The molecule has 0 fully saturated rings. The number of ether oxygens (including phenoxy) is 1. The summed E-state index contributed by atoms with van der Waals surface area (Å²) in [6.45, 7) is 3.54. The summed E-state index contributed by atoms with van der Waals surface area (Å²) in [5.41, 5.74) is 2.23. The van der Waals surface area contributed by atoms with Crippen LogP contribution in [0.2, 0.25) is 0 Å². The van der Waals surface area contributed by atoms with Gasteiger partial charge in [0.25, 0.3) is 0 Å². The largest absolute Gasteiger partial charge is 0.497 e. The van der Waals surface area contributed by atoms with E-state index in [0.717, 1.165) is 16.9 Å². The normalized spacial score (nSPS) is 10.3. The molecule has 2 aromatic rings. The maximum absolute atomic E-state index is 11.6. The molecular formula is C14H14O3. The van der Waals surface area contributed by atoms with E-state index >= 15 is 0 Å². The van der Waals surface area contributed by atoms with Crippen molar-refractivity contribution < 1.29 is 9.15 Å². The number of hydrogen-bond acceptors (Lipinski definition) is 3. The van der Waals surface area contributed by atoms with Crippen LogP contribution in [0.5, 0.6) is 5.75 Å². The van der Waals surface area contributed by atoms with Gasteiger partial charge in [-0.3, -0.25) is 0 Å². The molecule has 3 heteroatoms. The molecule has 0 aliphatic rings. The summed E-state index contributed by atoms with van der Waals surface area (Å²) in [6, 6.07) is 9.48. The van der Waals surface area contributed by atoms with Gasteiger partial charge < -0.3 is 9.15 Å². The van der Waals surface area contributed by atoms with Crippen LogP contribution in [0, 0.1) is 13.8 Å². The maximum atomic E-state index is 11.6. The fraction of sp³-hybridized carbons (Fsp3) is 0.214. The number of hydrogen-bond donors (Lipinski definition) is 0. The van der Waals surface area contributed by atoms with Crippen molar-refractivity contribution in [3.05, 3.63) is 52.1 Å². The Bertz CT molecular complexity index is 579. The van der Waals surface area contributed by atoms with Gasteiger partial charge >= 0.3 is 5.63 Å². The van der Waals surface area contributed by atoms with Gasteiger partial charge in [-0.25, -0.2) is 4.79 Å². The Morgan fingerprint density at radius 1 is 1.12 bits per heavy atom. The topological polar surface area (TPSA) is 39.4 Å². The summed E-state index contributed by atoms with van der Waals surface area (Å²) in [5.74, 6) is 1.41. The van der Waals surface area contributed by atoms with Crippen LogP contribution in [0.4, 0.5) is 0 Å². The molecule has 0 spiro atoms. The van der Waals surface area contributed by atoms with Gasteiger partial charge in [-0.05, 0) is 43.2 Å². The molecule has 0 aliphatic carbocycles. The fourth-order valence-electron chi connectivity index (χ4n) is 1.74. The third kappa shape index (κ3) is 2.23. The molecule has 0 bridgehead atoms. The smallest absolute Gasteiger partial charge is 0.339 e. The number of methoxy groups -OCH3 is 1. The highest BCUT2D eigenvalue weighted by Gasteiger charge is 2.07. The fourth-order valence-corrected chi connectivity index (χ4v) is 1.74. The van der Waals surface area contributed by atoms with Crippen LogP contribution in [0.1, 0.15) is 11.3 Å². The molecule has 17 heavy (non-hydrogen) atoms. The second-order valence-corrected chi connectivity index (χ2v) is 3.91. The van der Waals surface area contributed by atoms with E-state index in [-0.39, 0.29) is 5.63 Å².